The van der Waals surface area contributed by atoms with E-state index in [2.05, 4.69) is 0 Å². The van der Waals surface area contributed by atoms with Crippen LogP contribution >= 0.6 is 11.6 Å². The summed E-state index contributed by atoms with van der Waals surface area (Å²) >= 11 is 5.78. The molecule has 2 unspecified atom stereocenters. The second-order valence-electron chi connectivity index (χ2n) is 5.27. The molecule has 0 bridgehead atoms. The maximum absolute atomic E-state index is 12.5. The zero-order valence-electron chi connectivity index (χ0n) is 11.8. The molecule has 1 fully saturated rings. The van der Waals surface area contributed by atoms with E-state index in [0.29, 0.717) is 19.0 Å². The van der Waals surface area contributed by atoms with Crippen molar-refractivity contribution in [3.8, 4) is 0 Å². The molecular formula is C14H20ClNO3S. The molecule has 0 saturated carbocycles. The van der Waals surface area contributed by atoms with Crippen LogP contribution in [-0.4, -0.2) is 38.0 Å². The number of benzene rings is 1. The molecule has 1 saturated heterocycles. The van der Waals surface area contributed by atoms with Crippen molar-refractivity contribution >= 4 is 21.6 Å². The molecule has 20 heavy (non-hydrogen) atoms. The summed E-state index contributed by atoms with van der Waals surface area (Å²) in [5, 5.41) is 0. The predicted octanol–water partition coefficient (Wildman–Crippen LogP) is 2.36. The smallest absolute Gasteiger partial charge is 0.218 e. The van der Waals surface area contributed by atoms with Gasteiger partial charge in [-0.3, -0.25) is 0 Å². The first-order valence-electron chi connectivity index (χ1n) is 6.67. The molecule has 2 atom stereocenters. The third-order valence-electron chi connectivity index (χ3n) is 3.40. The van der Waals surface area contributed by atoms with E-state index in [4.69, 9.17) is 16.3 Å². The average molecular weight is 318 g/mol. The van der Waals surface area contributed by atoms with Gasteiger partial charge >= 0.3 is 0 Å². The van der Waals surface area contributed by atoms with E-state index in [1.807, 2.05) is 38.1 Å². The number of hydrogen-bond acceptors (Lipinski definition) is 3. The third-order valence-corrected chi connectivity index (χ3v) is 5.63. The molecule has 0 amide bonds. The fourth-order valence-electron chi connectivity index (χ4n) is 2.36. The van der Waals surface area contributed by atoms with Crippen LogP contribution < -0.4 is 0 Å². The molecule has 0 aromatic heterocycles. The van der Waals surface area contributed by atoms with Crippen molar-refractivity contribution in [3.63, 3.8) is 0 Å². The first kappa shape index (κ1) is 15.8. The maximum Gasteiger partial charge on any atom is 0.218 e. The minimum Gasteiger partial charge on any atom is -0.375 e. The third kappa shape index (κ3) is 3.73. The highest BCUT2D eigenvalue weighted by atomic mass is 35.5. The van der Waals surface area contributed by atoms with Gasteiger partial charge in [0.2, 0.25) is 10.0 Å². The van der Waals surface area contributed by atoms with Crippen LogP contribution in [0, 0.1) is 0 Å². The number of sulfonamides is 1. The average Bonchev–Trinajstić information content (AvgIpc) is 2.41. The Labute approximate surface area is 125 Å². The number of ether oxygens (including phenoxy) is 1. The van der Waals surface area contributed by atoms with Crippen LogP contribution in [0.3, 0.4) is 0 Å². The van der Waals surface area contributed by atoms with Gasteiger partial charge in [0.1, 0.15) is 0 Å². The largest absolute Gasteiger partial charge is 0.375 e. The van der Waals surface area contributed by atoms with Gasteiger partial charge in [-0.1, -0.05) is 24.3 Å². The van der Waals surface area contributed by atoms with E-state index in [1.165, 1.54) is 0 Å². The molecule has 1 aromatic rings. The minimum atomic E-state index is -3.33. The lowest BCUT2D eigenvalue weighted by Gasteiger charge is -2.35. The van der Waals surface area contributed by atoms with Gasteiger partial charge in [-0.2, -0.15) is 4.31 Å². The van der Waals surface area contributed by atoms with Gasteiger partial charge in [0.15, 0.2) is 0 Å². The number of halogens is 1. The molecule has 112 valence electrons. The Kier molecular flexibility index (Phi) is 5.07. The van der Waals surface area contributed by atoms with Gasteiger partial charge in [0.05, 0.1) is 18.5 Å². The second-order valence-corrected chi connectivity index (χ2v) is 7.46. The van der Waals surface area contributed by atoms with Crippen molar-refractivity contribution in [3.05, 3.63) is 35.4 Å². The van der Waals surface area contributed by atoms with Crippen LogP contribution in [0.4, 0.5) is 0 Å². The Morgan fingerprint density at radius 1 is 1.35 bits per heavy atom. The summed E-state index contributed by atoms with van der Waals surface area (Å²) < 4.78 is 32.1. The van der Waals surface area contributed by atoms with Crippen LogP contribution in [-0.2, 0) is 26.4 Å². The van der Waals surface area contributed by atoms with Crippen molar-refractivity contribution in [1.29, 1.82) is 0 Å². The fraction of sp³-hybridized carbons (Fsp3) is 0.571. The summed E-state index contributed by atoms with van der Waals surface area (Å²) in [4.78, 5) is 0. The van der Waals surface area contributed by atoms with Crippen LogP contribution in [0.2, 0.25) is 0 Å². The number of nitrogens with zero attached hydrogens (tertiary/aromatic N) is 1. The van der Waals surface area contributed by atoms with Crippen LogP contribution in [0.5, 0.6) is 0 Å². The molecule has 2 rings (SSSR count). The summed E-state index contributed by atoms with van der Waals surface area (Å²) in [6.07, 6.45) is -0.0600. The van der Waals surface area contributed by atoms with Crippen molar-refractivity contribution in [2.45, 2.75) is 37.6 Å². The summed E-state index contributed by atoms with van der Waals surface area (Å²) in [7, 11) is -3.33. The molecule has 0 aliphatic carbocycles. The molecule has 0 radical (unpaired) electrons. The van der Waals surface area contributed by atoms with Crippen molar-refractivity contribution in [1.82, 2.24) is 4.31 Å². The monoisotopic (exact) mass is 317 g/mol. The van der Waals surface area contributed by atoms with E-state index >= 15 is 0 Å². The lowest BCUT2D eigenvalue weighted by Crippen LogP contribution is -2.50. The van der Waals surface area contributed by atoms with Gasteiger partial charge in [0, 0.05) is 18.5 Å². The van der Waals surface area contributed by atoms with E-state index in [-0.39, 0.29) is 17.9 Å². The normalized spacial score (nSPS) is 24.8. The first-order chi connectivity index (χ1) is 9.42. The Morgan fingerprint density at radius 3 is 2.75 bits per heavy atom. The summed E-state index contributed by atoms with van der Waals surface area (Å²) in [6, 6.07) is 7.28. The second kappa shape index (κ2) is 6.43. The highest BCUT2D eigenvalue weighted by molar-refractivity contribution is 7.88. The first-order valence-corrected chi connectivity index (χ1v) is 8.81. The highest BCUT2D eigenvalue weighted by Crippen LogP contribution is 2.20. The Bertz CT molecular complexity index is 561. The molecule has 6 heteroatoms. The topological polar surface area (TPSA) is 46.6 Å². The van der Waals surface area contributed by atoms with Crippen LogP contribution in [0.1, 0.15) is 25.0 Å². The van der Waals surface area contributed by atoms with Gasteiger partial charge in [-0.25, -0.2) is 8.42 Å². The minimum absolute atomic E-state index is 0.00872. The maximum atomic E-state index is 12.5. The van der Waals surface area contributed by atoms with E-state index in [9.17, 15) is 8.42 Å². The van der Waals surface area contributed by atoms with Crippen LogP contribution in [0.15, 0.2) is 24.3 Å². The Morgan fingerprint density at radius 2 is 2.05 bits per heavy atom. The summed E-state index contributed by atoms with van der Waals surface area (Å²) in [5.41, 5.74) is 1.71. The molecule has 0 N–H and O–H groups in total. The molecule has 1 aromatic carbocycles. The molecule has 1 aliphatic rings. The predicted molar refractivity (Wildman–Crippen MR) is 80.2 cm³/mol. The molecule has 1 heterocycles. The van der Waals surface area contributed by atoms with Gasteiger partial charge in [-0.05, 0) is 25.0 Å². The number of hydrogen-bond donors (Lipinski definition) is 0. The van der Waals surface area contributed by atoms with Crippen molar-refractivity contribution in [2.75, 3.05) is 13.2 Å². The van der Waals surface area contributed by atoms with Crippen molar-refractivity contribution in [2.24, 2.45) is 0 Å². The summed E-state index contributed by atoms with van der Waals surface area (Å²) in [5.74, 6) is 0.396. The molecular weight excluding hydrogens is 298 g/mol. The van der Waals surface area contributed by atoms with Gasteiger partial charge in [0.25, 0.3) is 0 Å². The summed E-state index contributed by atoms with van der Waals surface area (Å²) in [6.45, 7) is 4.63. The van der Waals surface area contributed by atoms with Gasteiger partial charge in [-0.15, -0.1) is 11.6 Å². The molecule has 1 aliphatic heterocycles. The van der Waals surface area contributed by atoms with Crippen molar-refractivity contribution < 1.29 is 13.2 Å². The van der Waals surface area contributed by atoms with Gasteiger partial charge < -0.3 is 4.74 Å². The fourth-order valence-corrected chi connectivity index (χ4v) is 4.34. The highest BCUT2D eigenvalue weighted by Gasteiger charge is 2.32. The lowest BCUT2D eigenvalue weighted by atomic mass is 10.2. The number of morpholine rings is 1. The molecule has 4 nitrogen and oxygen atoms in total. The zero-order valence-corrected chi connectivity index (χ0v) is 13.3. The quantitative estimate of drug-likeness (QED) is 0.801. The lowest BCUT2D eigenvalue weighted by molar-refractivity contribution is -0.0171. The number of alkyl halides is 1. The van der Waals surface area contributed by atoms with E-state index in [1.54, 1.807) is 4.31 Å². The Hall–Kier alpha value is -0.620. The Balaban J connectivity index is 2.17. The SMILES string of the molecule is CC1CN(S(=O)(=O)Cc2cccc(CCl)c2)C(C)CO1. The number of rotatable bonds is 4. The molecule has 0 spiro atoms. The van der Waals surface area contributed by atoms with E-state index in [0.717, 1.165) is 11.1 Å². The zero-order chi connectivity index (χ0) is 14.8. The van der Waals surface area contributed by atoms with Crippen LogP contribution in [0.25, 0.3) is 0 Å². The van der Waals surface area contributed by atoms with E-state index < -0.39 is 10.0 Å². The standard InChI is InChI=1S/C14H20ClNO3S/c1-11-9-19-12(2)8-16(11)20(17,18)10-14-5-3-4-13(6-14)7-15/h3-6,11-12H,7-10H2,1-2H3.